The zero-order chi connectivity index (χ0) is 16.1. The van der Waals surface area contributed by atoms with Crippen LogP contribution in [0.4, 0.5) is 15.8 Å². The van der Waals surface area contributed by atoms with Gasteiger partial charge in [0.15, 0.2) is 0 Å². The summed E-state index contributed by atoms with van der Waals surface area (Å²) in [5.41, 5.74) is 2.65. The summed E-state index contributed by atoms with van der Waals surface area (Å²) in [6.07, 6.45) is 0. The lowest BCUT2D eigenvalue weighted by atomic mass is 10.1. The van der Waals surface area contributed by atoms with Gasteiger partial charge < -0.3 is 15.3 Å². The molecule has 0 aliphatic rings. The fourth-order valence-electron chi connectivity index (χ4n) is 2.16. The molecule has 2 N–H and O–H groups in total. The van der Waals surface area contributed by atoms with Crippen LogP contribution in [-0.2, 0) is 0 Å². The Bertz CT molecular complexity index is 656. The summed E-state index contributed by atoms with van der Waals surface area (Å²) in [6.45, 7) is 2.32. The number of anilines is 2. The van der Waals surface area contributed by atoms with Crippen LogP contribution in [-0.4, -0.2) is 31.2 Å². The first kappa shape index (κ1) is 16.0. The first-order valence-corrected chi connectivity index (χ1v) is 7.01. The molecule has 5 heteroatoms. The number of carbonyl (C=O) groups is 1. The molecule has 22 heavy (non-hydrogen) atoms. The van der Waals surface area contributed by atoms with Crippen LogP contribution in [0.15, 0.2) is 42.5 Å². The fourth-order valence-corrected chi connectivity index (χ4v) is 2.16. The van der Waals surface area contributed by atoms with Crippen molar-refractivity contribution in [1.82, 2.24) is 0 Å². The van der Waals surface area contributed by atoms with Crippen LogP contribution in [0.25, 0.3) is 0 Å². The molecule has 2 aromatic rings. The van der Waals surface area contributed by atoms with Crippen molar-refractivity contribution >= 4 is 17.3 Å². The van der Waals surface area contributed by atoms with Gasteiger partial charge in [0.2, 0.25) is 0 Å². The summed E-state index contributed by atoms with van der Waals surface area (Å²) < 4.78 is 13.1. The van der Waals surface area contributed by atoms with Gasteiger partial charge in [-0.2, -0.15) is 0 Å². The number of rotatable bonds is 5. The van der Waals surface area contributed by atoms with Gasteiger partial charge in [0.05, 0.1) is 6.61 Å². The summed E-state index contributed by atoms with van der Waals surface area (Å²) in [4.78, 5) is 14.1. The minimum atomic E-state index is -0.356. The molecule has 0 bridgehead atoms. The Balaban J connectivity index is 2.08. The minimum absolute atomic E-state index is 0.0822. The second kappa shape index (κ2) is 7.04. The third-order valence-electron chi connectivity index (χ3n) is 3.43. The van der Waals surface area contributed by atoms with Crippen molar-refractivity contribution < 1.29 is 14.3 Å². The number of hydrogen-bond acceptors (Lipinski definition) is 3. The molecule has 0 heterocycles. The minimum Gasteiger partial charge on any atom is -0.395 e. The quantitative estimate of drug-likeness (QED) is 0.893. The standard InChI is InChI=1S/C17H19FN2O2/c1-12-11-13(18)3-8-16(12)17(22)19-14-4-6-15(7-5-14)20(2)9-10-21/h3-8,11,21H,9-10H2,1-2H3,(H,19,22). The van der Waals surface area contributed by atoms with Crippen LogP contribution in [0.2, 0.25) is 0 Å². The molecule has 0 aromatic heterocycles. The summed E-state index contributed by atoms with van der Waals surface area (Å²) in [5, 5.41) is 11.7. The Labute approximate surface area is 129 Å². The predicted molar refractivity (Wildman–Crippen MR) is 85.9 cm³/mol. The van der Waals surface area contributed by atoms with Crippen molar-refractivity contribution in [3.63, 3.8) is 0 Å². The molecule has 0 unspecified atom stereocenters. The van der Waals surface area contributed by atoms with Crippen molar-refractivity contribution in [1.29, 1.82) is 0 Å². The van der Waals surface area contributed by atoms with Gasteiger partial charge in [0.25, 0.3) is 5.91 Å². The summed E-state index contributed by atoms with van der Waals surface area (Å²) >= 11 is 0. The van der Waals surface area contributed by atoms with Gasteiger partial charge in [-0.25, -0.2) is 4.39 Å². The van der Waals surface area contributed by atoms with Crippen LogP contribution < -0.4 is 10.2 Å². The van der Waals surface area contributed by atoms with E-state index in [-0.39, 0.29) is 18.3 Å². The molecule has 0 saturated heterocycles. The largest absolute Gasteiger partial charge is 0.395 e. The van der Waals surface area contributed by atoms with E-state index in [2.05, 4.69) is 5.32 Å². The lowest BCUT2D eigenvalue weighted by Crippen LogP contribution is -2.21. The summed E-state index contributed by atoms with van der Waals surface area (Å²) in [6, 6.07) is 11.4. The topological polar surface area (TPSA) is 52.6 Å². The Morgan fingerprint density at radius 1 is 1.23 bits per heavy atom. The second-order valence-electron chi connectivity index (χ2n) is 5.11. The molecule has 0 spiro atoms. The van der Waals surface area contributed by atoms with Crippen LogP contribution in [0.1, 0.15) is 15.9 Å². The van der Waals surface area contributed by atoms with Gasteiger partial charge in [0, 0.05) is 30.5 Å². The van der Waals surface area contributed by atoms with E-state index < -0.39 is 0 Å². The monoisotopic (exact) mass is 302 g/mol. The molecule has 0 atom stereocenters. The highest BCUT2D eigenvalue weighted by Gasteiger charge is 2.10. The van der Waals surface area contributed by atoms with E-state index in [0.29, 0.717) is 23.4 Å². The molecule has 2 aromatic carbocycles. The lowest BCUT2D eigenvalue weighted by Gasteiger charge is -2.18. The number of nitrogens with zero attached hydrogens (tertiary/aromatic N) is 1. The van der Waals surface area contributed by atoms with Crippen molar-refractivity contribution in [2.24, 2.45) is 0 Å². The van der Waals surface area contributed by atoms with Crippen molar-refractivity contribution in [3.05, 3.63) is 59.4 Å². The van der Waals surface area contributed by atoms with Gasteiger partial charge in [-0.15, -0.1) is 0 Å². The van der Waals surface area contributed by atoms with Gasteiger partial charge in [-0.1, -0.05) is 0 Å². The molecule has 0 aliphatic carbocycles. The zero-order valence-corrected chi connectivity index (χ0v) is 12.6. The third-order valence-corrected chi connectivity index (χ3v) is 3.43. The molecule has 0 aliphatic heterocycles. The van der Waals surface area contributed by atoms with Gasteiger partial charge >= 0.3 is 0 Å². The van der Waals surface area contributed by atoms with Crippen molar-refractivity contribution in [2.45, 2.75) is 6.92 Å². The normalized spacial score (nSPS) is 10.4. The Morgan fingerprint density at radius 2 is 1.91 bits per heavy atom. The van der Waals surface area contributed by atoms with E-state index >= 15 is 0 Å². The molecule has 1 amide bonds. The molecule has 2 rings (SSSR count). The number of hydrogen-bond donors (Lipinski definition) is 2. The second-order valence-corrected chi connectivity index (χ2v) is 5.11. The summed E-state index contributed by atoms with van der Waals surface area (Å²) in [5.74, 6) is -0.626. The number of benzene rings is 2. The van der Waals surface area contributed by atoms with Gasteiger partial charge in [-0.05, 0) is 55.0 Å². The van der Waals surface area contributed by atoms with E-state index in [9.17, 15) is 9.18 Å². The average Bonchev–Trinajstić information content (AvgIpc) is 2.48. The Kier molecular flexibility index (Phi) is 5.12. The highest BCUT2D eigenvalue weighted by atomic mass is 19.1. The molecule has 0 radical (unpaired) electrons. The molecule has 0 saturated carbocycles. The van der Waals surface area contributed by atoms with Crippen molar-refractivity contribution in [2.75, 3.05) is 30.4 Å². The average molecular weight is 302 g/mol. The fraction of sp³-hybridized carbons (Fsp3) is 0.235. The molecule has 0 fully saturated rings. The number of nitrogens with one attached hydrogen (secondary N) is 1. The smallest absolute Gasteiger partial charge is 0.255 e. The molecular formula is C17H19FN2O2. The van der Waals surface area contributed by atoms with Crippen LogP contribution in [0.3, 0.4) is 0 Å². The first-order valence-electron chi connectivity index (χ1n) is 7.01. The van der Waals surface area contributed by atoms with Crippen LogP contribution in [0, 0.1) is 12.7 Å². The number of halogens is 1. The van der Waals surface area contributed by atoms with Crippen molar-refractivity contribution in [3.8, 4) is 0 Å². The van der Waals surface area contributed by atoms with E-state index in [1.807, 2.05) is 24.1 Å². The maximum absolute atomic E-state index is 13.1. The van der Waals surface area contributed by atoms with Gasteiger partial charge in [-0.3, -0.25) is 4.79 Å². The SMILES string of the molecule is Cc1cc(F)ccc1C(=O)Nc1ccc(N(C)CCO)cc1. The molecule has 116 valence electrons. The third kappa shape index (κ3) is 3.83. The molecular weight excluding hydrogens is 283 g/mol. The van der Waals surface area contributed by atoms with Gasteiger partial charge in [0.1, 0.15) is 5.82 Å². The predicted octanol–water partition coefficient (Wildman–Crippen LogP) is 2.81. The first-order chi connectivity index (χ1) is 10.5. The zero-order valence-electron chi connectivity index (χ0n) is 12.6. The maximum Gasteiger partial charge on any atom is 0.255 e. The van der Waals surface area contributed by atoms with E-state index in [4.69, 9.17) is 5.11 Å². The van der Waals surface area contributed by atoms with E-state index in [0.717, 1.165) is 5.69 Å². The van der Waals surface area contributed by atoms with Crippen LogP contribution in [0.5, 0.6) is 0 Å². The van der Waals surface area contributed by atoms with Crippen LogP contribution >= 0.6 is 0 Å². The summed E-state index contributed by atoms with van der Waals surface area (Å²) in [7, 11) is 1.88. The number of likely N-dealkylation sites (N-methyl/N-ethyl adjacent to an activating group) is 1. The number of amides is 1. The number of aliphatic hydroxyl groups is 1. The molecule has 4 nitrogen and oxygen atoms in total. The Morgan fingerprint density at radius 3 is 2.50 bits per heavy atom. The number of aliphatic hydroxyl groups excluding tert-OH is 1. The number of aryl methyl sites for hydroxylation is 1. The van der Waals surface area contributed by atoms with E-state index in [1.54, 1.807) is 19.1 Å². The number of carbonyl (C=O) groups excluding carboxylic acids is 1. The Hall–Kier alpha value is -2.40. The highest BCUT2D eigenvalue weighted by Crippen LogP contribution is 2.18. The maximum atomic E-state index is 13.1. The van der Waals surface area contributed by atoms with E-state index in [1.165, 1.54) is 18.2 Å². The lowest BCUT2D eigenvalue weighted by molar-refractivity contribution is 0.102. The highest BCUT2D eigenvalue weighted by molar-refractivity contribution is 6.05.